The lowest BCUT2D eigenvalue weighted by atomic mass is 10.3. The number of hydrogen-bond acceptors (Lipinski definition) is 2. The van der Waals surface area contributed by atoms with E-state index in [1.54, 1.807) is 37.3 Å². The summed E-state index contributed by atoms with van der Waals surface area (Å²) in [6.07, 6.45) is 0. The van der Waals surface area contributed by atoms with Gasteiger partial charge in [-0.1, -0.05) is 39.1 Å². The van der Waals surface area contributed by atoms with Crippen LogP contribution in [0, 0.1) is 0 Å². The molecule has 0 aliphatic carbocycles. The zero-order valence-corrected chi connectivity index (χ0v) is 15.0. The van der Waals surface area contributed by atoms with E-state index >= 15 is 0 Å². The van der Waals surface area contributed by atoms with E-state index in [1.165, 1.54) is 16.4 Å². The second-order valence-corrected chi connectivity index (χ2v) is 7.81. The van der Waals surface area contributed by atoms with Gasteiger partial charge in [-0.2, -0.15) is 0 Å². The number of rotatable bonds is 4. The van der Waals surface area contributed by atoms with E-state index in [1.807, 2.05) is 0 Å². The summed E-state index contributed by atoms with van der Waals surface area (Å²) in [5.74, 6) is 0. The first-order valence-corrected chi connectivity index (χ1v) is 9.08. The number of sulfonamides is 1. The molecule has 0 aliphatic rings. The Bertz CT molecular complexity index is 748. The Kier molecular flexibility index (Phi) is 5.20. The second-order valence-electron chi connectivity index (χ2n) is 4.22. The fourth-order valence-electron chi connectivity index (χ4n) is 1.89. The van der Waals surface area contributed by atoms with Gasteiger partial charge in [0.25, 0.3) is 10.0 Å². The largest absolute Gasteiger partial charge is 0.267 e. The molecular formula is C14H12BrCl2NO2S. The molecule has 0 radical (unpaired) electrons. The third-order valence-corrected chi connectivity index (χ3v) is 6.01. The maximum Gasteiger partial charge on any atom is 0.265 e. The van der Waals surface area contributed by atoms with Gasteiger partial charge in [-0.05, 0) is 49.4 Å². The summed E-state index contributed by atoms with van der Waals surface area (Å²) in [6.45, 7) is 2.05. The van der Waals surface area contributed by atoms with E-state index in [9.17, 15) is 8.42 Å². The molecule has 0 N–H and O–H groups in total. The Labute approximate surface area is 142 Å². The van der Waals surface area contributed by atoms with Crippen LogP contribution in [0.5, 0.6) is 0 Å². The van der Waals surface area contributed by atoms with E-state index in [0.717, 1.165) is 4.47 Å². The summed E-state index contributed by atoms with van der Waals surface area (Å²) >= 11 is 15.2. The van der Waals surface area contributed by atoms with Crippen LogP contribution < -0.4 is 4.31 Å². The molecule has 0 atom stereocenters. The van der Waals surface area contributed by atoms with E-state index in [2.05, 4.69) is 15.9 Å². The smallest absolute Gasteiger partial charge is 0.265 e. The Balaban J connectivity index is 2.54. The van der Waals surface area contributed by atoms with Gasteiger partial charge in [0.15, 0.2) is 0 Å². The van der Waals surface area contributed by atoms with Gasteiger partial charge in [-0.15, -0.1) is 0 Å². The molecule has 0 saturated carbocycles. The van der Waals surface area contributed by atoms with Crippen LogP contribution in [-0.2, 0) is 10.0 Å². The summed E-state index contributed by atoms with van der Waals surface area (Å²) in [4.78, 5) is 0.00133. The zero-order valence-electron chi connectivity index (χ0n) is 11.1. The number of halogens is 3. The predicted octanol–water partition coefficient (Wildman–Crippen LogP) is 4.97. The van der Waals surface area contributed by atoms with Crippen LogP contribution in [0.3, 0.4) is 0 Å². The molecule has 21 heavy (non-hydrogen) atoms. The minimum Gasteiger partial charge on any atom is -0.267 e. The highest BCUT2D eigenvalue weighted by Crippen LogP contribution is 2.30. The fraction of sp³-hybridized carbons (Fsp3) is 0.143. The molecule has 0 fully saturated rings. The Morgan fingerprint density at radius 1 is 1.10 bits per heavy atom. The zero-order chi connectivity index (χ0) is 15.6. The first kappa shape index (κ1) is 16.6. The van der Waals surface area contributed by atoms with Crippen molar-refractivity contribution in [2.75, 3.05) is 10.8 Å². The lowest BCUT2D eigenvalue weighted by molar-refractivity contribution is 0.592. The molecule has 0 bridgehead atoms. The average molecular weight is 409 g/mol. The minimum absolute atomic E-state index is 0.00133. The summed E-state index contributed by atoms with van der Waals surface area (Å²) in [5, 5.41) is 0.472. The summed E-state index contributed by atoms with van der Waals surface area (Å²) in [5.41, 5.74) is 0.566. The molecule has 0 saturated heterocycles. The molecule has 0 aliphatic heterocycles. The maximum absolute atomic E-state index is 12.8. The monoisotopic (exact) mass is 407 g/mol. The first-order valence-electron chi connectivity index (χ1n) is 6.09. The third-order valence-electron chi connectivity index (χ3n) is 2.86. The molecule has 0 unspecified atom stereocenters. The van der Waals surface area contributed by atoms with Gasteiger partial charge in [0.05, 0.1) is 10.7 Å². The third kappa shape index (κ3) is 3.54. The quantitative estimate of drug-likeness (QED) is 0.715. The molecule has 0 amide bonds. The van der Waals surface area contributed by atoms with Crippen LogP contribution in [0.2, 0.25) is 10.0 Å². The molecule has 2 rings (SSSR count). The van der Waals surface area contributed by atoms with Crippen LogP contribution in [-0.4, -0.2) is 15.0 Å². The standard InChI is InChI=1S/C14H12BrCl2NO2S/c1-2-18(12-6-3-10(15)4-7-12)21(19,20)14-9-11(16)5-8-13(14)17/h3-9H,2H2,1H3. The Morgan fingerprint density at radius 2 is 1.71 bits per heavy atom. The molecule has 0 heterocycles. The van der Waals surface area contributed by atoms with Gasteiger partial charge >= 0.3 is 0 Å². The van der Waals surface area contributed by atoms with Gasteiger partial charge in [-0.25, -0.2) is 8.42 Å². The van der Waals surface area contributed by atoms with Crippen molar-refractivity contribution in [1.29, 1.82) is 0 Å². The van der Waals surface area contributed by atoms with Crippen molar-refractivity contribution in [3.63, 3.8) is 0 Å². The van der Waals surface area contributed by atoms with Crippen molar-refractivity contribution in [2.45, 2.75) is 11.8 Å². The van der Waals surface area contributed by atoms with E-state index in [4.69, 9.17) is 23.2 Å². The Hall–Kier alpha value is -0.750. The highest BCUT2D eigenvalue weighted by molar-refractivity contribution is 9.10. The molecule has 3 nitrogen and oxygen atoms in total. The normalized spacial score (nSPS) is 11.4. The van der Waals surface area contributed by atoms with Crippen molar-refractivity contribution in [2.24, 2.45) is 0 Å². The fourth-order valence-corrected chi connectivity index (χ4v) is 4.37. The minimum atomic E-state index is -3.77. The molecule has 7 heteroatoms. The number of benzene rings is 2. The summed E-state index contributed by atoms with van der Waals surface area (Å²) < 4.78 is 27.8. The molecule has 2 aromatic rings. The maximum atomic E-state index is 12.8. The van der Waals surface area contributed by atoms with E-state index < -0.39 is 10.0 Å². The molecule has 0 spiro atoms. The van der Waals surface area contributed by atoms with Crippen LogP contribution in [0.25, 0.3) is 0 Å². The molecule has 0 aromatic heterocycles. The van der Waals surface area contributed by atoms with E-state index in [-0.39, 0.29) is 16.5 Å². The van der Waals surface area contributed by atoms with E-state index in [0.29, 0.717) is 10.7 Å². The van der Waals surface area contributed by atoms with Crippen molar-refractivity contribution >= 4 is 54.8 Å². The second kappa shape index (κ2) is 6.57. The summed E-state index contributed by atoms with van der Waals surface area (Å²) in [6, 6.07) is 11.4. The predicted molar refractivity (Wildman–Crippen MR) is 90.8 cm³/mol. The lowest BCUT2D eigenvalue weighted by Crippen LogP contribution is -2.31. The van der Waals surface area contributed by atoms with Gasteiger partial charge < -0.3 is 0 Å². The highest BCUT2D eigenvalue weighted by Gasteiger charge is 2.26. The SMILES string of the molecule is CCN(c1ccc(Br)cc1)S(=O)(=O)c1cc(Cl)ccc1Cl. The van der Waals surface area contributed by atoms with Crippen molar-refractivity contribution in [3.05, 3.63) is 57.0 Å². The average Bonchev–Trinajstić information content (AvgIpc) is 2.44. The van der Waals surface area contributed by atoms with Crippen molar-refractivity contribution < 1.29 is 8.42 Å². The summed E-state index contributed by atoms with van der Waals surface area (Å²) in [7, 11) is -3.77. The highest BCUT2D eigenvalue weighted by atomic mass is 79.9. The van der Waals surface area contributed by atoms with Crippen LogP contribution >= 0.6 is 39.1 Å². The molecule has 112 valence electrons. The number of hydrogen-bond donors (Lipinski definition) is 0. The van der Waals surface area contributed by atoms with Crippen LogP contribution in [0.1, 0.15) is 6.92 Å². The lowest BCUT2D eigenvalue weighted by Gasteiger charge is -2.23. The van der Waals surface area contributed by atoms with Gasteiger partial charge in [0.1, 0.15) is 4.90 Å². The van der Waals surface area contributed by atoms with Crippen LogP contribution in [0.15, 0.2) is 51.8 Å². The first-order chi connectivity index (χ1) is 9.86. The van der Waals surface area contributed by atoms with Crippen LogP contribution in [0.4, 0.5) is 5.69 Å². The van der Waals surface area contributed by atoms with Gasteiger partial charge in [0.2, 0.25) is 0 Å². The van der Waals surface area contributed by atoms with Crippen molar-refractivity contribution in [1.82, 2.24) is 0 Å². The van der Waals surface area contributed by atoms with Crippen molar-refractivity contribution in [3.8, 4) is 0 Å². The van der Waals surface area contributed by atoms with Gasteiger partial charge in [-0.3, -0.25) is 4.31 Å². The molecular weight excluding hydrogens is 397 g/mol. The van der Waals surface area contributed by atoms with Gasteiger partial charge in [0, 0.05) is 16.0 Å². The Morgan fingerprint density at radius 3 is 2.29 bits per heavy atom. The number of anilines is 1. The topological polar surface area (TPSA) is 37.4 Å². The molecule has 2 aromatic carbocycles. The number of nitrogens with zero attached hydrogens (tertiary/aromatic N) is 1.